The van der Waals surface area contributed by atoms with E-state index in [1.807, 2.05) is 0 Å². The molecule has 1 aromatic rings. The highest BCUT2D eigenvalue weighted by atomic mass is 79.9. The van der Waals surface area contributed by atoms with Crippen molar-refractivity contribution in [3.05, 3.63) is 22.7 Å². The van der Waals surface area contributed by atoms with Crippen molar-refractivity contribution in [3.8, 4) is 0 Å². The lowest BCUT2D eigenvalue weighted by atomic mass is 10.3. The minimum absolute atomic E-state index is 0.0554. The number of nitrogens with two attached hydrogens (primary N) is 2. The zero-order valence-corrected chi connectivity index (χ0v) is 12.2. The molecule has 0 fully saturated rings. The first kappa shape index (κ1) is 14.9. The van der Waals surface area contributed by atoms with Gasteiger partial charge in [0.1, 0.15) is 0 Å². The van der Waals surface area contributed by atoms with Crippen LogP contribution in [0.15, 0.2) is 27.6 Å². The number of carbonyl (C=O) groups excluding carboxylic acids is 1. The van der Waals surface area contributed by atoms with E-state index in [0.717, 1.165) is 4.31 Å². The first-order valence-corrected chi connectivity index (χ1v) is 7.35. The van der Waals surface area contributed by atoms with Crippen LogP contribution in [0.2, 0.25) is 0 Å². The minimum atomic E-state index is -3.76. The maximum atomic E-state index is 12.3. The molecule has 0 aliphatic heterocycles. The number of likely N-dealkylation sites (N-methyl/N-ethyl adjacent to an activating group) is 1. The van der Waals surface area contributed by atoms with Gasteiger partial charge < -0.3 is 11.5 Å². The van der Waals surface area contributed by atoms with Gasteiger partial charge in [-0.2, -0.15) is 4.31 Å². The van der Waals surface area contributed by atoms with Crippen molar-refractivity contribution < 1.29 is 13.2 Å². The van der Waals surface area contributed by atoms with E-state index >= 15 is 0 Å². The maximum absolute atomic E-state index is 12.3. The third kappa shape index (κ3) is 3.21. The van der Waals surface area contributed by atoms with E-state index in [1.165, 1.54) is 18.2 Å². The van der Waals surface area contributed by atoms with E-state index in [4.69, 9.17) is 11.5 Å². The highest BCUT2D eigenvalue weighted by molar-refractivity contribution is 9.10. The number of sulfonamides is 1. The van der Waals surface area contributed by atoms with E-state index in [2.05, 4.69) is 15.9 Å². The van der Waals surface area contributed by atoms with Crippen LogP contribution in [0.25, 0.3) is 0 Å². The summed E-state index contributed by atoms with van der Waals surface area (Å²) in [4.78, 5) is 10.9. The molecule has 1 rings (SSSR count). The summed E-state index contributed by atoms with van der Waals surface area (Å²) < 4.78 is 25.9. The summed E-state index contributed by atoms with van der Waals surface area (Å²) in [6.07, 6.45) is 0. The normalized spacial score (nSPS) is 11.7. The number of hydrogen-bond donors (Lipinski definition) is 2. The number of nitrogen functional groups attached to an aromatic ring is 1. The fraction of sp³-hybridized carbons (Fsp3) is 0.300. The maximum Gasteiger partial charge on any atom is 0.244 e. The summed E-state index contributed by atoms with van der Waals surface area (Å²) in [5.41, 5.74) is 11.0. The summed E-state index contributed by atoms with van der Waals surface area (Å²) in [6.45, 7) is 1.43. The second-order valence-electron chi connectivity index (χ2n) is 3.59. The number of primary amides is 1. The van der Waals surface area contributed by atoms with Crippen LogP contribution in [-0.4, -0.2) is 31.7 Å². The standard InChI is InChI=1S/C10H14BrN3O3S/c1-2-14(6-10(13)15)18(16,17)9-4-3-7(12)5-8(9)11/h3-5H,2,6,12H2,1H3,(H2,13,15). The Bertz CT molecular complexity index is 559. The van der Waals surface area contributed by atoms with Crippen molar-refractivity contribution in [2.45, 2.75) is 11.8 Å². The molecule has 100 valence electrons. The van der Waals surface area contributed by atoms with Gasteiger partial charge in [0.2, 0.25) is 15.9 Å². The molecule has 4 N–H and O–H groups in total. The molecule has 0 aromatic heterocycles. The molecule has 0 spiro atoms. The summed E-state index contributed by atoms with van der Waals surface area (Å²) in [6, 6.07) is 4.36. The van der Waals surface area contributed by atoms with Crippen molar-refractivity contribution in [2.24, 2.45) is 5.73 Å². The van der Waals surface area contributed by atoms with Gasteiger partial charge in [0, 0.05) is 16.7 Å². The van der Waals surface area contributed by atoms with E-state index in [0.29, 0.717) is 10.2 Å². The summed E-state index contributed by atoms with van der Waals surface area (Å²) in [7, 11) is -3.76. The van der Waals surface area contributed by atoms with Gasteiger partial charge in [0.25, 0.3) is 0 Å². The van der Waals surface area contributed by atoms with Gasteiger partial charge in [-0.1, -0.05) is 6.92 Å². The Morgan fingerprint density at radius 1 is 1.44 bits per heavy atom. The molecule has 1 amide bonds. The van der Waals surface area contributed by atoms with Crippen LogP contribution in [0.5, 0.6) is 0 Å². The molecule has 0 atom stereocenters. The predicted octanol–water partition coefficient (Wildman–Crippen LogP) is 0.527. The van der Waals surface area contributed by atoms with E-state index in [9.17, 15) is 13.2 Å². The van der Waals surface area contributed by atoms with Crippen LogP contribution in [0.3, 0.4) is 0 Å². The first-order valence-electron chi connectivity index (χ1n) is 5.12. The van der Waals surface area contributed by atoms with E-state index in [-0.39, 0.29) is 18.0 Å². The number of halogens is 1. The molecular weight excluding hydrogens is 322 g/mol. The Balaban J connectivity index is 3.23. The fourth-order valence-corrected chi connectivity index (χ4v) is 3.88. The van der Waals surface area contributed by atoms with Crippen LogP contribution in [0, 0.1) is 0 Å². The van der Waals surface area contributed by atoms with Gasteiger partial charge >= 0.3 is 0 Å². The molecule has 0 saturated heterocycles. The van der Waals surface area contributed by atoms with Gasteiger partial charge in [-0.15, -0.1) is 0 Å². The highest BCUT2D eigenvalue weighted by Gasteiger charge is 2.26. The Kier molecular flexibility index (Phi) is 4.71. The SMILES string of the molecule is CCN(CC(N)=O)S(=O)(=O)c1ccc(N)cc1Br. The topological polar surface area (TPSA) is 106 Å². The third-order valence-corrected chi connectivity index (χ3v) is 5.16. The summed E-state index contributed by atoms with van der Waals surface area (Å²) in [5.74, 6) is -0.702. The van der Waals surface area contributed by atoms with Gasteiger partial charge in [0.05, 0.1) is 11.4 Å². The Hall–Kier alpha value is -1.12. The minimum Gasteiger partial charge on any atom is -0.399 e. The van der Waals surface area contributed by atoms with Crippen molar-refractivity contribution in [2.75, 3.05) is 18.8 Å². The van der Waals surface area contributed by atoms with Crippen LogP contribution < -0.4 is 11.5 Å². The second-order valence-corrected chi connectivity index (χ2v) is 6.35. The van der Waals surface area contributed by atoms with Gasteiger partial charge in [0.15, 0.2) is 0 Å². The first-order chi connectivity index (χ1) is 8.28. The number of hydrogen-bond acceptors (Lipinski definition) is 4. The van der Waals surface area contributed by atoms with E-state index in [1.54, 1.807) is 6.92 Å². The van der Waals surface area contributed by atoms with Crippen LogP contribution in [0.1, 0.15) is 6.92 Å². The quantitative estimate of drug-likeness (QED) is 0.765. The van der Waals surface area contributed by atoms with Crippen molar-refractivity contribution in [1.29, 1.82) is 0 Å². The largest absolute Gasteiger partial charge is 0.399 e. The zero-order valence-electron chi connectivity index (χ0n) is 9.76. The lowest BCUT2D eigenvalue weighted by molar-refractivity contribution is -0.118. The van der Waals surface area contributed by atoms with E-state index < -0.39 is 15.9 Å². The molecule has 0 unspecified atom stereocenters. The Morgan fingerprint density at radius 2 is 2.06 bits per heavy atom. The number of carbonyl (C=O) groups is 1. The second kappa shape index (κ2) is 5.68. The Labute approximate surface area is 114 Å². The van der Waals surface area contributed by atoms with Crippen LogP contribution >= 0.6 is 15.9 Å². The van der Waals surface area contributed by atoms with Crippen LogP contribution in [-0.2, 0) is 14.8 Å². The predicted molar refractivity (Wildman–Crippen MR) is 72.2 cm³/mol. The van der Waals surface area contributed by atoms with Crippen LogP contribution in [0.4, 0.5) is 5.69 Å². The Morgan fingerprint density at radius 3 is 2.50 bits per heavy atom. The molecule has 8 heteroatoms. The average Bonchev–Trinajstić information content (AvgIpc) is 2.24. The molecule has 0 radical (unpaired) electrons. The molecule has 1 aromatic carbocycles. The molecule has 0 aliphatic rings. The molecule has 6 nitrogen and oxygen atoms in total. The average molecular weight is 336 g/mol. The number of amides is 1. The summed E-state index contributed by atoms with van der Waals surface area (Å²) >= 11 is 3.14. The fourth-order valence-electron chi connectivity index (χ4n) is 1.41. The van der Waals surface area contributed by atoms with Gasteiger partial charge in [-0.3, -0.25) is 4.79 Å². The van der Waals surface area contributed by atoms with Crippen molar-refractivity contribution in [1.82, 2.24) is 4.31 Å². The number of rotatable bonds is 5. The summed E-state index contributed by atoms with van der Waals surface area (Å²) in [5, 5.41) is 0. The smallest absolute Gasteiger partial charge is 0.244 e. The monoisotopic (exact) mass is 335 g/mol. The van der Waals surface area contributed by atoms with Crippen molar-refractivity contribution >= 4 is 37.5 Å². The molecule has 0 bridgehead atoms. The molecule has 0 heterocycles. The number of anilines is 1. The molecule has 18 heavy (non-hydrogen) atoms. The van der Waals surface area contributed by atoms with Crippen molar-refractivity contribution in [3.63, 3.8) is 0 Å². The molecular formula is C10H14BrN3O3S. The highest BCUT2D eigenvalue weighted by Crippen LogP contribution is 2.26. The lowest BCUT2D eigenvalue weighted by Crippen LogP contribution is -2.38. The lowest BCUT2D eigenvalue weighted by Gasteiger charge is -2.19. The third-order valence-electron chi connectivity index (χ3n) is 2.26. The van der Waals surface area contributed by atoms with Gasteiger partial charge in [-0.25, -0.2) is 8.42 Å². The zero-order chi connectivity index (χ0) is 13.9. The molecule has 0 aliphatic carbocycles. The number of nitrogens with zero attached hydrogens (tertiary/aromatic N) is 1. The molecule has 0 saturated carbocycles. The van der Waals surface area contributed by atoms with Gasteiger partial charge in [-0.05, 0) is 34.1 Å². The number of benzene rings is 1.